The van der Waals surface area contributed by atoms with Crippen molar-refractivity contribution < 1.29 is 14.6 Å². The Morgan fingerprint density at radius 1 is 1.44 bits per heavy atom. The molecule has 0 radical (unpaired) electrons. The summed E-state index contributed by atoms with van der Waals surface area (Å²) in [4.78, 5) is 18.6. The number of aromatic nitrogens is 2. The van der Waals surface area contributed by atoms with Gasteiger partial charge < -0.3 is 9.84 Å². The van der Waals surface area contributed by atoms with Crippen LogP contribution in [0.15, 0.2) is 36.8 Å². The van der Waals surface area contributed by atoms with E-state index < -0.39 is 5.97 Å². The Kier molecular flexibility index (Phi) is 4.08. The van der Waals surface area contributed by atoms with Crippen LogP contribution in [0, 0.1) is 3.57 Å². The van der Waals surface area contributed by atoms with Crippen molar-refractivity contribution in [2.45, 2.75) is 6.61 Å². The van der Waals surface area contributed by atoms with Gasteiger partial charge in [0.1, 0.15) is 24.2 Å². The average molecular weight is 356 g/mol. The lowest BCUT2D eigenvalue weighted by molar-refractivity contribution is 0.0692. The fraction of sp³-hybridized carbons (Fsp3) is 0.0833. The van der Waals surface area contributed by atoms with Crippen molar-refractivity contribution in [2.24, 2.45) is 0 Å². The largest absolute Gasteiger partial charge is 0.487 e. The zero-order chi connectivity index (χ0) is 13.0. The van der Waals surface area contributed by atoms with Gasteiger partial charge in [-0.05, 0) is 40.8 Å². The second kappa shape index (κ2) is 5.76. The van der Waals surface area contributed by atoms with E-state index in [9.17, 15) is 4.79 Å². The molecule has 0 atom stereocenters. The predicted octanol–water partition coefficient (Wildman–Crippen LogP) is 2.36. The summed E-state index contributed by atoms with van der Waals surface area (Å²) in [6, 6.07) is 7.49. The molecule has 0 unspecified atom stereocenters. The lowest BCUT2D eigenvalue weighted by atomic mass is 10.2. The molecule has 2 rings (SSSR count). The summed E-state index contributed by atoms with van der Waals surface area (Å²) in [5.74, 6) is -0.381. The third-order valence-electron chi connectivity index (χ3n) is 2.20. The van der Waals surface area contributed by atoms with Gasteiger partial charge in [-0.2, -0.15) is 0 Å². The van der Waals surface area contributed by atoms with Gasteiger partial charge in [0.25, 0.3) is 0 Å². The number of benzene rings is 1. The minimum atomic E-state index is -1.06. The summed E-state index contributed by atoms with van der Waals surface area (Å²) in [6.07, 6.45) is 2.57. The predicted molar refractivity (Wildman–Crippen MR) is 72.5 cm³/mol. The van der Waals surface area contributed by atoms with Crippen LogP contribution in [0.25, 0.3) is 0 Å². The summed E-state index contributed by atoms with van der Waals surface area (Å²) in [7, 11) is 0. The molecule has 92 valence electrons. The number of carboxylic acid groups (broad SMARTS) is 1. The highest BCUT2D eigenvalue weighted by molar-refractivity contribution is 14.1. The second-order valence-corrected chi connectivity index (χ2v) is 4.68. The highest BCUT2D eigenvalue weighted by atomic mass is 127. The van der Waals surface area contributed by atoms with Gasteiger partial charge in [0.2, 0.25) is 0 Å². The van der Waals surface area contributed by atoms with Crippen LogP contribution in [-0.2, 0) is 6.61 Å². The van der Waals surface area contributed by atoms with Crippen LogP contribution in [-0.4, -0.2) is 21.0 Å². The summed E-state index contributed by atoms with van der Waals surface area (Å²) in [5, 5.41) is 8.97. The lowest BCUT2D eigenvalue weighted by Crippen LogP contribution is -2.08. The quantitative estimate of drug-likeness (QED) is 0.852. The monoisotopic (exact) mass is 356 g/mol. The molecule has 2 aromatic rings. The number of nitrogens with zero attached hydrogens (tertiary/aromatic N) is 2. The van der Waals surface area contributed by atoms with E-state index in [2.05, 4.69) is 32.6 Å². The van der Waals surface area contributed by atoms with E-state index in [-0.39, 0.29) is 12.2 Å². The Morgan fingerprint density at radius 3 is 3.00 bits per heavy atom. The molecule has 0 aliphatic heterocycles. The van der Waals surface area contributed by atoms with E-state index in [4.69, 9.17) is 9.84 Å². The Morgan fingerprint density at radius 2 is 2.28 bits per heavy atom. The van der Waals surface area contributed by atoms with Crippen molar-refractivity contribution in [3.63, 3.8) is 0 Å². The number of carbonyl (C=O) groups is 1. The van der Waals surface area contributed by atoms with Gasteiger partial charge in [0.05, 0.1) is 5.69 Å². The molecular formula is C12H9IN2O3. The topological polar surface area (TPSA) is 72.3 Å². The SMILES string of the molecule is O=C(O)c1cncnc1COc1cccc(I)c1. The zero-order valence-electron chi connectivity index (χ0n) is 9.21. The average Bonchev–Trinajstić information content (AvgIpc) is 2.37. The normalized spacial score (nSPS) is 10.1. The first-order valence-corrected chi connectivity index (χ1v) is 6.15. The molecule has 0 amide bonds. The minimum absolute atomic E-state index is 0.0585. The molecule has 1 aromatic carbocycles. The zero-order valence-corrected chi connectivity index (χ0v) is 11.4. The Hall–Kier alpha value is -1.70. The number of hydrogen-bond acceptors (Lipinski definition) is 4. The van der Waals surface area contributed by atoms with Gasteiger partial charge in [-0.1, -0.05) is 6.07 Å². The van der Waals surface area contributed by atoms with E-state index >= 15 is 0 Å². The van der Waals surface area contributed by atoms with Gasteiger partial charge in [0.15, 0.2) is 0 Å². The van der Waals surface area contributed by atoms with Gasteiger partial charge in [0, 0.05) is 9.77 Å². The molecule has 0 saturated carbocycles. The standard InChI is InChI=1S/C12H9IN2O3/c13-8-2-1-3-9(4-8)18-6-11-10(12(16)17)5-14-7-15-11/h1-5,7H,6H2,(H,16,17). The third kappa shape index (κ3) is 3.16. The summed E-state index contributed by atoms with van der Waals surface area (Å²) in [5.41, 5.74) is 0.416. The van der Waals surface area contributed by atoms with Gasteiger partial charge >= 0.3 is 5.97 Å². The number of carboxylic acids is 1. The maximum atomic E-state index is 11.0. The lowest BCUT2D eigenvalue weighted by Gasteiger charge is -2.07. The van der Waals surface area contributed by atoms with Gasteiger partial charge in [-0.15, -0.1) is 0 Å². The van der Waals surface area contributed by atoms with Crippen molar-refractivity contribution in [2.75, 3.05) is 0 Å². The van der Waals surface area contributed by atoms with Crippen LogP contribution in [0.2, 0.25) is 0 Å². The molecule has 1 heterocycles. The minimum Gasteiger partial charge on any atom is -0.487 e. The number of rotatable bonds is 4. The highest BCUT2D eigenvalue weighted by Gasteiger charge is 2.11. The number of hydrogen-bond donors (Lipinski definition) is 1. The molecule has 0 spiro atoms. The number of halogens is 1. The Labute approximate surface area is 117 Å². The molecule has 0 saturated heterocycles. The smallest absolute Gasteiger partial charge is 0.339 e. The molecule has 1 aromatic heterocycles. The first kappa shape index (κ1) is 12.7. The third-order valence-corrected chi connectivity index (χ3v) is 2.87. The van der Waals surface area contributed by atoms with E-state index in [0.717, 1.165) is 3.57 Å². The molecule has 0 aliphatic rings. The van der Waals surface area contributed by atoms with Crippen molar-refractivity contribution in [3.05, 3.63) is 51.6 Å². The van der Waals surface area contributed by atoms with Crippen LogP contribution in [0.4, 0.5) is 0 Å². The van der Waals surface area contributed by atoms with Gasteiger partial charge in [-0.25, -0.2) is 14.8 Å². The molecule has 0 fully saturated rings. The Balaban J connectivity index is 2.13. The molecule has 5 nitrogen and oxygen atoms in total. The van der Waals surface area contributed by atoms with Crippen molar-refractivity contribution >= 4 is 28.6 Å². The van der Waals surface area contributed by atoms with E-state index in [1.807, 2.05) is 24.3 Å². The van der Waals surface area contributed by atoms with E-state index in [1.54, 1.807) is 0 Å². The molecule has 6 heteroatoms. The van der Waals surface area contributed by atoms with Crippen molar-refractivity contribution in [1.82, 2.24) is 9.97 Å². The fourth-order valence-corrected chi connectivity index (χ4v) is 1.87. The van der Waals surface area contributed by atoms with Crippen molar-refractivity contribution in [1.29, 1.82) is 0 Å². The summed E-state index contributed by atoms with van der Waals surface area (Å²) in [6.45, 7) is 0.101. The van der Waals surface area contributed by atoms with E-state index in [0.29, 0.717) is 11.4 Å². The highest BCUT2D eigenvalue weighted by Crippen LogP contribution is 2.16. The molecule has 18 heavy (non-hydrogen) atoms. The van der Waals surface area contributed by atoms with Gasteiger partial charge in [-0.3, -0.25) is 0 Å². The van der Waals surface area contributed by atoms with Crippen LogP contribution >= 0.6 is 22.6 Å². The fourth-order valence-electron chi connectivity index (χ4n) is 1.36. The first-order chi connectivity index (χ1) is 8.66. The second-order valence-electron chi connectivity index (χ2n) is 3.43. The maximum Gasteiger partial charge on any atom is 0.339 e. The maximum absolute atomic E-state index is 11.0. The number of aromatic carboxylic acids is 1. The summed E-state index contributed by atoms with van der Waals surface area (Å²) < 4.78 is 6.55. The van der Waals surface area contributed by atoms with Crippen LogP contribution < -0.4 is 4.74 Å². The molecule has 0 bridgehead atoms. The van der Waals surface area contributed by atoms with Crippen LogP contribution in [0.3, 0.4) is 0 Å². The van der Waals surface area contributed by atoms with Crippen molar-refractivity contribution in [3.8, 4) is 5.75 Å². The summed E-state index contributed by atoms with van der Waals surface area (Å²) >= 11 is 2.18. The first-order valence-electron chi connectivity index (χ1n) is 5.07. The Bertz CT molecular complexity index is 575. The molecule has 1 N–H and O–H groups in total. The van der Waals surface area contributed by atoms with E-state index in [1.165, 1.54) is 12.5 Å². The van der Waals surface area contributed by atoms with Crippen LogP contribution in [0.1, 0.15) is 16.1 Å². The molecular weight excluding hydrogens is 347 g/mol. The number of ether oxygens (including phenoxy) is 1. The molecule has 0 aliphatic carbocycles. The van der Waals surface area contributed by atoms with Crippen LogP contribution in [0.5, 0.6) is 5.75 Å².